The minimum atomic E-state index is -4.94. The molecule has 140 valence electrons. The Morgan fingerprint density at radius 1 is 1.04 bits per heavy atom. The molecule has 0 amide bonds. The summed E-state index contributed by atoms with van der Waals surface area (Å²) in [5.74, 6) is -3.94. The van der Waals surface area contributed by atoms with Crippen molar-refractivity contribution in [3.05, 3.63) is 57.9 Å². The number of hydrogen-bond acceptors (Lipinski definition) is 3. The van der Waals surface area contributed by atoms with Crippen molar-refractivity contribution in [2.75, 3.05) is 5.75 Å². The van der Waals surface area contributed by atoms with Crippen LogP contribution in [0.3, 0.4) is 0 Å². The summed E-state index contributed by atoms with van der Waals surface area (Å²) in [5.41, 5.74) is -3.55. The van der Waals surface area contributed by atoms with Crippen LogP contribution in [-0.2, 0) is 12.7 Å². The van der Waals surface area contributed by atoms with E-state index in [1.807, 2.05) is 0 Å². The number of alkyl halides is 3. The van der Waals surface area contributed by atoms with Gasteiger partial charge in [0, 0.05) is 46.5 Å². The van der Waals surface area contributed by atoms with E-state index in [1.165, 1.54) is 4.57 Å². The van der Waals surface area contributed by atoms with Crippen LogP contribution in [0.5, 0.6) is 0 Å². The van der Waals surface area contributed by atoms with Gasteiger partial charge >= 0.3 is 11.9 Å². The van der Waals surface area contributed by atoms with Gasteiger partial charge in [-0.25, -0.2) is 22.9 Å². The molecular formula is C17H8F6N2OS. The van der Waals surface area contributed by atoms with Crippen molar-refractivity contribution in [3.63, 3.8) is 0 Å². The quantitative estimate of drug-likeness (QED) is 0.558. The Hall–Kier alpha value is -2.49. The van der Waals surface area contributed by atoms with E-state index >= 15 is 0 Å². The van der Waals surface area contributed by atoms with Gasteiger partial charge in [0.15, 0.2) is 0 Å². The van der Waals surface area contributed by atoms with Crippen LogP contribution >= 0.6 is 11.8 Å². The Bertz CT molecular complexity index is 1130. The molecule has 0 bridgehead atoms. The van der Waals surface area contributed by atoms with Crippen LogP contribution in [0.1, 0.15) is 5.56 Å². The minimum Gasteiger partial charge on any atom is -0.290 e. The average molecular weight is 402 g/mol. The third-order valence-electron chi connectivity index (χ3n) is 4.22. The molecule has 0 saturated heterocycles. The fraction of sp³-hybridized carbons (Fsp3) is 0.176. The van der Waals surface area contributed by atoms with E-state index in [2.05, 4.69) is 4.98 Å². The third-order valence-corrected chi connectivity index (χ3v) is 5.30. The van der Waals surface area contributed by atoms with E-state index in [4.69, 9.17) is 0 Å². The SMILES string of the molecule is O=c1ncc2cc(C(F)(F)F)c(-c3c(F)cc(F)cc3F)c3c2n1CCS3. The Morgan fingerprint density at radius 3 is 2.33 bits per heavy atom. The maximum absolute atomic E-state index is 14.3. The van der Waals surface area contributed by atoms with Gasteiger partial charge in [0.25, 0.3) is 0 Å². The van der Waals surface area contributed by atoms with Crippen LogP contribution in [-0.4, -0.2) is 15.3 Å². The van der Waals surface area contributed by atoms with Crippen molar-refractivity contribution in [1.29, 1.82) is 0 Å². The molecule has 1 aromatic heterocycles. The van der Waals surface area contributed by atoms with Crippen molar-refractivity contribution in [1.82, 2.24) is 9.55 Å². The summed E-state index contributed by atoms with van der Waals surface area (Å²) in [7, 11) is 0. The molecule has 3 aromatic rings. The van der Waals surface area contributed by atoms with E-state index in [-0.39, 0.29) is 28.1 Å². The maximum atomic E-state index is 14.3. The molecule has 0 atom stereocenters. The molecule has 3 nitrogen and oxygen atoms in total. The Balaban J connectivity index is 2.24. The molecule has 0 unspecified atom stereocenters. The van der Waals surface area contributed by atoms with E-state index in [0.717, 1.165) is 18.0 Å². The van der Waals surface area contributed by atoms with Gasteiger partial charge in [-0.05, 0) is 6.07 Å². The molecule has 10 heteroatoms. The lowest BCUT2D eigenvalue weighted by Crippen LogP contribution is -2.27. The van der Waals surface area contributed by atoms with E-state index in [0.29, 0.717) is 18.2 Å². The number of nitrogens with zero attached hydrogens (tertiary/aromatic N) is 2. The van der Waals surface area contributed by atoms with E-state index in [1.54, 1.807) is 0 Å². The number of halogens is 6. The van der Waals surface area contributed by atoms with E-state index < -0.39 is 46.0 Å². The van der Waals surface area contributed by atoms with Crippen LogP contribution in [0.25, 0.3) is 22.0 Å². The highest BCUT2D eigenvalue weighted by atomic mass is 32.2. The molecule has 0 radical (unpaired) electrons. The predicted molar refractivity (Wildman–Crippen MR) is 87.0 cm³/mol. The van der Waals surface area contributed by atoms with Gasteiger partial charge in [-0.3, -0.25) is 4.57 Å². The standard InChI is InChI=1S/C17H8F6N2OS/c18-8-4-10(19)13(11(20)5-8)12-9(17(21,22)23)3-7-6-24-16(26)25-1-2-27-15(12)14(7)25/h3-6H,1-2H2. The van der Waals surface area contributed by atoms with Crippen molar-refractivity contribution < 1.29 is 26.3 Å². The molecule has 27 heavy (non-hydrogen) atoms. The first kappa shape index (κ1) is 17.9. The number of aryl methyl sites for hydroxylation is 1. The van der Waals surface area contributed by atoms with Crippen molar-refractivity contribution in [3.8, 4) is 11.1 Å². The topological polar surface area (TPSA) is 34.9 Å². The molecular weight excluding hydrogens is 394 g/mol. The smallest absolute Gasteiger partial charge is 0.290 e. The molecule has 0 aliphatic carbocycles. The lowest BCUT2D eigenvalue weighted by molar-refractivity contribution is -0.137. The highest BCUT2D eigenvalue weighted by Crippen LogP contribution is 2.48. The Kier molecular flexibility index (Phi) is 3.99. The zero-order valence-corrected chi connectivity index (χ0v) is 14.0. The van der Waals surface area contributed by atoms with Gasteiger partial charge in [0.05, 0.1) is 16.6 Å². The fourth-order valence-electron chi connectivity index (χ4n) is 3.17. The van der Waals surface area contributed by atoms with Crippen LogP contribution in [0.15, 0.2) is 34.1 Å². The number of benzene rings is 2. The number of rotatable bonds is 1. The second-order valence-electron chi connectivity index (χ2n) is 5.85. The zero-order valence-electron chi connectivity index (χ0n) is 13.2. The summed E-state index contributed by atoms with van der Waals surface area (Å²) in [5, 5.41) is 0.0239. The summed E-state index contributed by atoms with van der Waals surface area (Å²) in [6.45, 7) is 0.194. The van der Waals surface area contributed by atoms with Crippen molar-refractivity contribution >= 4 is 22.7 Å². The largest absolute Gasteiger partial charge is 0.417 e. The van der Waals surface area contributed by atoms with Crippen LogP contribution in [0.2, 0.25) is 0 Å². The third kappa shape index (κ3) is 2.78. The van der Waals surface area contributed by atoms with E-state index in [9.17, 15) is 31.1 Å². The molecule has 0 saturated carbocycles. The summed E-state index contributed by atoms with van der Waals surface area (Å²) in [4.78, 5) is 15.5. The second kappa shape index (κ2) is 6.01. The first-order valence-corrected chi connectivity index (χ1v) is 8.58. The first-order chi connectivity index (χ1) is 12.7. The van der Waals surface area contributed by atoms with Gasteiger partial charge in [0.2, 0.25) is 0 Å². The highest BCUT2D eigenvalue weighted by molar-refractivity contribution is 7.99. The summed E-state index contributed by atoms with van der Waals surface area (Å²) < 4.78 is 84.2. The number of aromatic nitrogens is 2. The van der Waals surface area contributed by atoms with Crippen molar-refractivity contribution in [2.24, 2.45) is 0 Å². The zero-order chi connectivity index (χ0) is 19.5. The Labute approximate surface area is 151 Å². The number of thioether (sulfide) groups is 1. The summed E-state index contributed by atoms with van der Waals surface area (Å²) in [6.07, 6.45) is -3.94. The van der Waals surface area contributed by atoms with Gasteiger partial charge in [-0.2, -0.15) is 13.2 Å². The first-order valence-electron chi connectivity index (χ1n) is 7.60. The summed E-state index contributed by atoms with van der Waals surface area (Å²) in [6, 6.07) is 1.34. The lowest BCUT2D eigenvalue weighted by atomic mass is 9.95. The normalized spacial score (nSPS) is 14.0. The minimum absolute atomic E-state index is 0.0239. The molecule has 0 spiro atoms. The summed E-state index contributed by atoms with van der Waals surface area (Å²) >= 11 is 0.949. The van der Waals surface area contributed by atoms with Gasteiger partial charge in [0.1, 0.15) is 17.5 Å². The van der Waals surface area contributed by atoms with Crippen molar-refractivity contribution in [2.45, 2.75) is 17.6 Å². The molecule has 1 aliphatic heterocycles. The molecule has 4 rings (SSSR count). The van der Waals surface area contributed by atoms with Crippen LogP contribution in [0, 0.1) is 17.5 Å². The molecule has 0 fully saturated rings. The molecule has 2 heterocycles. The number of hydrogen-bond donors (Lipinski definition) is 0. The van der Waals surface area contributed by atoms with Crippen LogP contribution < -0.4 is 5.69 Å². The van der Waals surface area contributed by atoms with Gasteiger partial charge in [-0.15, -0.1) is 11.8 Å². The molecule has 2 aromatic carbocycles. The second-order valence-corrected chi connectivity index (χ2v) is 6.95. The van der Waals surface area contributed by atoms with Gasteiger partial charge in [-0.1, -0.05) is 0 Å². The highest BCUT2D eigenvalue weighted by Gasteiger charge is 2.38. The average Bonchev–Trinajstić information content (AvgIpc) is 2.57. The predicted octanol–water partition coefficient (Wildman–Crippen LogP) is 4.61. The van der Waals surface area contributed by atoms with Crippen LogP contribution in [0.4, 0.5) is 26.3 Å². The Morgan fingerprint density at radius 2 is 1.70 bits per heavy atom. The fourth-order valence-corrected chi connectivity index (χ4v) is 4.37. The maximum Gasteiger partial charge on any atom is 0.417 e. The lowest BCUT2D eigenvalue weighted by Gasteiger charge is -2.24. The molecule has 0 N–H and O–H groups in total. The van der Waals surface area contributed by atoms with Gasteiger partial charge < -0.3 is 0 Å². The monoisotopic (exact) mass is 402 g/mol. The molecule has 1 aliphatic rings.